The fourth-order valence-corrected chi connectivity index (χ4v) is 2.71. The normalized spacial score (nSPS) is 11.0. The molecule has 3 aromatic rings. The fourth-order valence-electron chi connectivity index (χ4n) is 2.52. The Morgan fingerprint density at radius 1 is 1.27 bits per heavy atom. The number of nitrogens with zero attached hydrogens (tertiary/aromatic N) is 2. The van der Waals surface area contributed by atoms with Gasteiger partial charge in [0.1, 0.15) is 10.9 Å². The van der Waals surface area contributed by atoms with E-state index >= 15 is 0 Å². The number of aromatic nitrogens is 1. The molecular formula is C20H18ClN3O2. The second-order valence-corrected chi connectivity index (χ2v) is 6.05. The Bertz CT molecular complexity index is 986. The number of para-hydroxylation sites is 1. The van der Waals surface area contributed by atoms with Gasteiger partial charge in [-0.1, -0.05) is 35.9 Å². The number of amides is 1. The van der Waals surface area contributed by atoms with Gasteiger partial charge in [-0.2, -0.15) is 5.10 Å². The van der Waals surface area contributed by atoms with E-state index in [2.05, 4.69) is 15.5 Å². The molecule has 1 aromatic heterocycles. The number of pyridine rings is 1. The lowest BCUT2D eigenvalue weighted by Crippen LogP contribution is -2.18. The quantitative estimate of drug-likeness (QED) is 0.414. The monoisotopic (exact) mass is 367 g/mol. The van der Waals surface area contributed by atoms with Gasteiger partial charge in [-0.3, -0.25) is 4.79 Å². The first-order valence-corrected chi connectivity index (χ1v) is 8.58. The van der Waals surface area contributed by atoms with Crippen molar-refractivity contribution in [1.82, 2.24) is 10.4 Å². The molecule has 0 saturated carbocycles. The van der Waals surface area contributed by atoms with Gasteiger partial charge < -0.3 is 4.74 Å². The van der Waals surface area contributed by atoms with Crippen molar-refractivity contribution in [3.05, 3.63) is 70.4 Å². The molecule has 1 N–H and O–H groups in total. The van der Waals surface area contributed by atoms with Crippen LogP contribution in [-0.4, -0.2) is 23.7 Å². The molecule has 3 rings (SSSR count). The van der Waals surface area contributed by atoms with Crippen LogP contribution in [0.15, 0.2) is 53.6 Å². The minimum absolute atomic E-state index is 0.329. The van der Waals surface area contributed by atoms with Gasteiger partial charge in [0.2, 0.25) is 0 Å². The van der Waals surface area contributed by atoms with E-state index in [1.807, 2.05) is 44.2 Å². The van der Waals surface area contributed by atoms with Crippen molar-refractivity contribution in [3.63, 3.8) is 0 Å². The summed E-state index contributed by atoms with van der Waals surface area (Å²) in [5.41, 5.74) is 5.48. The summed E-state index contributed by atoms with van der Waals surface area (Å²) >= 11 is 6.22. The smallest absolute Gasteiger partial charge is 0.275 e. The molecule has 6 heteroatoms. The zero-order valence-corrected chi connectivity index (χ0v) is 15.2. The van der Waals surface area contributed by atoms with E-state index in [9.17, 15) is 4.79 Å². The van der Waals surface area contributed by atoms with E-state index in [1.165, 1.54) is 6.21 Å². The van der Waals surface area contributed by atoms with Crippen LogP contribution in [0.4, 0.5) is 0 Å². The lowest BCUT2D eigenvalue weighted by atomic mass is 10.1. The highest BCUT2D eigenvalue weighted by Gasteiger charge is 2.11. The summed E-state index contributed by atoms with van der Waals surface area (Å²) in [6, 6.07) is 14.8. The molecular weight excluding hydrogens is 350 g/mol. The molecule has 0 unspecified atom stereocenters. The van der Waals surface area contributed by atoms with E-state index in [0.29, 0.717) is 28.6 Å². The van der Waals surface area contributed by atoms with Crippen molar-refractivity contribution >= 4 is 34.6 Å². The number of ether oxygens (including phenoxy) is 1. The maximum atomic E-state index is 12.3. The standard InChI is InChI=1S/C20H18ClN3O2/c1-3-26-18-7-5-4-6-16(18)20(25)24-22-12-15-11-14-9-8-13(2)10-17(14)23-19(15)21/h4-12H,3H2,1-2H3,(H,24,25)/b22-12+. The molecule has 1 heterocycles. The van der Waals surface area contributed by atoms with Crippen LogP contribution in [0, 0.1) is 6.92 Å². The maximum absolute atomic E-state index is 12.3. The molecule has 0 aliphatic carbocycles. The predicted molar refractivity (Wildman–Crippen MR) is 104 cm³/mol. The van der Waals surface area contributed by atoms with Crippen LogP contribution in [-0.2, 0) is 0 Å². The molecule has 0 spiro atoms. The predicted octanol–water partition coefficient (Wildman–Crippen LogP) is 4.36. The van der Waals surface area contributed by atoms with Crippen LogP contribution in [0.5, 0.6) is 5.75 Å². The van der Waals surface area contributed by atoms with Gasteiger partial charge in [0, 0.05) is 10.9 Å². The maximum Gasteiger partial charge on any atom is 0.275 e. The highest BCUT2D eigenvalue weighted by atomic mass is 35.5. The molecule has 0 radical (unpaired) electrons. The summed E-state index contributed by atoms with van der Waals surface area (Å²) in [5, 5.41) is 5.28. The number of hydrazone groups is 1. The molecule has 26 heavy (non-hydrogen) atoms. The minimum atomic E-state index is -0.356. The molecule has 0 aliphatic heterocycles. The summed E-state index contributed by atoms with van der Waals surface area (Å²) in [6.45, 7) is 4.34. The number of carbonyl (C=O) groups excluding carboxylic acids is 1. The Balaban J connectivity index is 1.78. The average Bonchev–Trinajstić information content (AvgIpc) is 2.63. The number of aryl methyl sites for hydroxylation is 1. The van der Waals surface area contributed by atoms with E-state index in [4.69, 9.17) is 16.3 Å². The topological polar surface area (TPSA) is 63.6 Å². The Morgan fingerprint density at radius 3 is 2.88 bits per heavy atom. The van der Waals surface area contributed by atoms with Gasteiger partial charge in [-0.05, 0) is 43.7 Å². The van der Waals surface area contributed by atoms with E-state index < -0.39 is 0 Å². The average molecular weight is 368 g/mol. The summed E-state index contributed by atoms with van der Waals surface area (Å²) < 4.78 is 5.46. The van der Waals surface area contributed by atoms with Crippen molar-refractivity contribution in [2.45, 2.75) is 13.8 Å². The van der Waals surface area contributed by atoms with Crippen molar-refractivity contribution in [3.8, 4) is 5.75 Å². The Morgan fingerprint density at radius 2 is 2.08 bits per heavy atom. The van der Waals surface area contributed by atoms with Crippen LogP contribution >= 0.6 is 11.6 Å². The van der Waals surface area contributed by atoms with Gasteiger partial charge in [0.25, 0.3) is 5.91 Å². The van der Waals surface area contributed by atoms with Gasteiger partial charge in [0.05, 0.1) is 23.9 Å². The third-order valence-electron chi connectivity index (χ3n) is 3.76. The van der Waals surface area contributed by atoms with Gasteiger partial charge in [-0.15, -0.1) is 0 Å². The molecule has 0 fully saturated rings. The number of rotatable bonds is 5. The van der Waals surface area contributed by atoms with Crippen LogP contribution in [0.25, 0.3) is 10.9 Å². The highest BCUT2D eigenvalue weighted by molar-refractivity contribution is 6.32. The van der Waals surface area contributed by atoms with Crippen molar-refractivity contribution < 1.29 is 9.53 Å². The largest absolute Gasteiger partial charge is 0.493 e. The molecule has 0 atom stereocenters. The summed E-state index contributed by atoms with van der Waals surface area (Å²) in [4.78, 5) is 16.7. The number of fused-ring (bicyclic) bond motifs is 1. The van der Waals surface area contributed by atoms with E-state index in [0.717, 1.165) is 16.5 Å². The first-order valence-electron chi connectivity index (χ1n) is 8.20. The van der Waals surface area contributed by atoms with Crippen LogP contribution in [0.3, 0.4) is 0 Å². The van der Waals surface area contributed by atoms with E-state index in [-0.39, 0.29) is 5.91 Å². The van der Waals surface area contributed by atoms with Crippen molar-refractivity contribution in [1.29, 1.82) is 0 Å². The number of halogens is 1. The Labute approximate surface area is 156 Å². The molecule has 132 valence electrons. The molecule has 2 aromatic carbocycles. The SMILES string of the molecule is CCOc1ccccc1C(=O)N/N=C/c1cc2ccc(C)cc2nc1Cl. The van der Waals surface area contributed by atoms with Gasteiger partial charge in [0.15, 0.2) is 0 Å². The molecule has 0 saturated heterocycles. The van der Waals surface area contributed by atoms with Crippen LogP contribution in [0.1, 0.15) is 28.4 Å². The second-order valence-electron chi connectivity index (χ2n) is 5.69. The van der Waals surface area contributed by atoms with Crippen LogP contribution in [0.2, 0.25) is 5.15 Å². The number of hydrogen-bond acceptors (Lipinski definition) is 4. The fraction of sp³-hybridized carbons (Fsp3) is 0.150. The molecule has 0 bridgehead atoms. The lowest BCUT2D eigenvalue weighted by molar-refractivity contribution is 0.0951. The lowest BCUT2D eigenvalue weighted by Gasteiger charge is -2.08. The Kier molecular flexibility index (Phi) is 5.49. The summed E-state index contributed by atoms with van der Waals surface area (Å²) in [7, 11) is 0. The first-order chi connectivity index (χ1) is 12.6. The summed E-state index contributed by atoms with van der Waals surface area (Å²) in [5.74, 6) is 0.161. The number of nitrogens with one attached hydrogen (secondary N) is 1. The number of carbonyl (C=O) groups is 1. The second kappa shape index (κ2) is 7.97. The number of benzene rings is 2. The zero-order chi connectivity index (χ0) is 18.5. The van der Waals surface area contributed by atoms with E-state index in [1.54, 1.807) is 18.2 Å². The Hall–Kier alpha value is -2.92. The van der Waals surface area contributed by atoms with Crippen molar-refractivity contribution in [2.24, 2.45) is 5.10 Å². The molecule has 0 aliphatic rings. The highest BCUT2D eigenvalue weighted by Crippen LogP contribution is 2.20. The third-order valence-corrected chi connectivity index (χ3v) is 4.06. The van der Waals surface area contributed by atoms with Crippen molar-refractivity contribution in [2.75, 3.05) is 6.61 Å². The van der Waals surface area contributed by atoms with Gasteiger partial charge in [-0.25, -0.2) is 10.4 Å². The number of hydrogen-bond donors (Lipinski definition) is 1. The summed E-state index contributed by atoms with van der Waals surface area (Å²) in [6.07, 6.45) is 1.48. The third kappa shape index (κ3) is 4.00. The minimum Gasteiger partial charge on any atom is -0.493 e. The zero-order valence-electron chi connectivity index (χ0n) is 14.5. The van der Waals surface area contributed by atoms with Gasteiger partial charge >= 0.3 is 0 Å². The molecule has 5 nitrogen and oxygen atoms in total. The van der Waals surface area contributed by atoms with Crippen LogP contribution < -0.4 is 10.2 Å². The first kappa shape index (κ1) is 17.9. The molecule has 1 amide bonds.